The number of nitrogens with two attached hydrogens (primary N) is 1. The number of amides is 1. The predicted molar refractivity (Wildman–Crippen MR) is 86.5 cm³/mol. The van der Waals surface area contributed by atoms with Gasteiger partial charge in [-0.3, -0.25) is 9.69 Å². The Hall–Kier alpha value is -1.92. The van der Waals surface area contributed by atoms with Gasteiger partial charge >= 0.3 is 0 Å². The van der Waals surface area contributed by atoms with Gasteiger partial charge in [-0.05, 0) is 31.9 Å². The van der Waals surface area contributed by atoms with E-state index in [0.29, 0.717) is 35.9 Å². The number of carbonyl (C=O) groups is 1. The molecule has 0 saturated carbocycles. The van der Waals surface area contributed by atoms with E-state index in [1.807, 2.05) is 12.1 Å². The van der Waals surface area contributed by atoms with Crippen LogP contribution in [0.2, 0.25) is 5.02 Å². The van der Waals surface area contributed by atoms with Crippen LogP contribution in [0.15, 0.2) is 28.8 Å². The fourth-order valence-corrected chi connectivity index (χ4v) is 3.06. The van der Waals surface area contributed by atoms with Gasteiger partial charge in [0, 0.05) is 23.2 Å². The maximum absolute atomic E-state index is 11.4. The Labute approximate surface area is 139 Å². The molecule has 0 aliphatic carbocycles. The summed E-state index contributed by atoms with van der Waals surface area (Å²) in [7, 11) is 0. The molecule has 0 radical (unpaired) electrons. The largest absolute Gasteiger partial charge is 0.369 e. The molecule has 1 aromatic carbocycles. The fourth-order valence-electron chi connectivity index (χ4n) is 2.87. The third-order valence-electron chi connectivity index (χ3n) is 4.30. The van der Waals surface area contributed by atoms with Crippen molar-refractivity contribution in [3.05, 3.63) is 35.2 Å². The number of primary amides is 1. The minimum atomic E-state index is -0.243. The summed E-state index contributed by atoms with van der Waals surface area (Å²) >= 11 is 5.98. The lowest BCUT2D eigenvalue weighted by atomic mass is 9.93. The molecule has 7 heteroatoms. The van der Waals surface area contributed by atoms with Crippen LogP contribution < -0.4 is 5.73 Å². The van der Waals surface area contributed by atoms with E-state index in [1.54, 1.807) is 12.1 Å². The van der Waals surface area contributed by atoms with Crippen LogP contribution in [-0.2, 0) is 11.3 Å². The predicted octanol–water partition coefficient (Wildman–Crippen LogP) is 2.48. The third kappa shape index (κ3) is 3.71. The SMILES string of the molecule is C[C@@H]1CC[C@@H](C(N)=O)CN1Cc1nc(-c2cccc(Cl)c2)no1. The highest BCUT2D eigenvalue weighted by molar-refractivity contribution is 6.30. The van der Waals surface area contributed by atoms with Gasteiger partial charge in [0.15, 0.2) is 0 Å². The normalized spacial score (nSPS) is 22.2. The number of aromatic nitrogens is 2. The van der Waals surface area contributed by atoms with E-state index in [-0.39, 0.29) is 11.8 Å². The van der Waals surface area contributed by atoms with Crippen molar-refractivity contribution in [3.63, 3.8) is 0 Å². The summed E-state index contributed by atoms with van der Waals surface area (Å²) in [4.78, 5) is 18.0. The number of hydrogen-bond acceptors (Lipinski definition) is 5. The molecule has 1 aromatic heterocycles. The Morgan fingerprint density at radius 1 is 1.48 bits per heavy atom. The monoisotopic (exact) mass is 334 g/mol. The number of piperidine rings is 1. The topological polar surface area (TPSA) is 85.3 Å². The molecule has 0 spiro atoms. The maximum Gasteiger partial charge on any atom is 0.241 e. The Morgan fingerprint density at radius 2 is 2.30 bits per heavy atom. The van der Waals surface area contributed by atoms with Crippen molar-refractivity contribution in [2.45, 2.75) is 32.4 Å². The van der Waals surface area contributed by atoms with Gasteiger partial charge in [-0.15, -0.1) is 0 Å². The number of benzene rings is 1. The second-order valence-electron chi connectivity index (χ2n) is 5.98. The van der Waals surface area contributed by atoms with Crippen LogP contribution in [0, 0.1) is 5.92 Å². The highest BCUT2D eigenvalue weighted by atomic mass is 35.5. The summed E-state index contributed by atoms with van der Waals surface area (Å²) in [5, 5.41) is 4.64. The van der Waals surface area contributed by atoms with Gasteiger partial charge in [0.1, 0.15) is 0 Å². The average molecular weight is 335 g/mol. The number of halogens is 1. The van der Waals surface area contributed by atoms with E-state index in [9.17, 15) is 4.79 Å². The van der Waals surface area contributed by atoms with Crippen molar-refractivity contribution in [1.82, 2.24) is 15.0 Å². The number of carbonyl (C=O) groups excluding carboxylic acids is 1. The van der Waals surface area contributed by atoms with Crippen LogP contribution >= 0.6 is 11.6 Å². The zero-order chi connectivity index (χ0) is 16.4. The molecule has 2 atom stereocenters. The molecule has 6 nitrogen and oxygen atoms in total. The van der Waals surface area contributed by atoms with Crippen LogP contribution in [0.25, 0.3) is 11.4 Å². The molecule has 23 heavy (non-hydrogen) atoms. The van der Waals surface area contributed by atoms with Crippen LogP contribution in [-0.4, -0.2) is 33.5 Å². The van der Waals surface area contributed by atoms with E-state index < -0.39 is 0 Å². The molecule has 2 aromatic rings. The van der Waals surface area contributed by atoms with Gasteiger partial charge in [0.2, 0.25) is 17.6 Å². The number of rotatable bonds is 4. The lowest BCUT2D eigenvalue weighted by Gasteiger charge is -2.35. The van der Waals surface area contributed by atoms with Gasteiger partial charge in [-0.1, -0.05) is 28.9 Å². The van der Waals surface area contributed by atoms with Crippen molar-refractivity contribution in [1.29, 1.82) is 0 Å². The van der Waals surface area contributed by atoms with E-state index in [4.69, 9.17) is 21.9 Å². The molecule has 1 amide bonds. The standard InChI is InChI=1S/C16H19ClN4O2/c1-10-5-6-12(15(18)22)8-21(10)9-14-19-16(20-23-14)11-3-2-4-13(17)7-11/h2-4,7,10,12H,5-6,8-9H2,1H3,(H2,18,22)/t10-,12-/m1/s1. The molecule has 0 unspecified atom stereocenters. The molecule has 1 aliphatic rings. The van der Waals surface area contributed by atoms with Crippen molar-refractivity contribution >= 4 is 17.5 Å². The van der Waals surface area contributed by atoms with E-state index in [0.717, 1.165) is 18.4 Å². The molecule has 1 aliphatic heterocycles. The molecule has 3 rings (SSSR count). The van der Waals surface area contributed by atoms with E-state index >= 15 is 0 Å². The van der Waals surface area contributed by atoms with Gasteiger partial charge in [-0.25, -0.2) is 0 Å². The molecule has 1 saturated heterocycles. The third-order valence-corrected chi connectivity index (χ3v) is 4.54. The first kappa shape index (κ1) is 16.0. The highest BCUT2D eigenvalue weighted by Crippen LogP contribution is 2.24. The smallest absolute Gasteiger partial charge is 0.241 e. The number of likely N-dealkylation sites (tertiary alicyclic amines) is 1. The second-order valence-corrected chi connectivity index (χ2v) is 6.41. The first-order chi connectivity index (χ1) is 11.0. The van der Waals surface area contributed by atoms with Gasteiger partial charge in [0.25, 0.3) is 0 Å². The van der Waals surface area contributed by atoms with Crippen molar-refractivity contribution in [3.8, 4) is 11.4 Å². The van der Waals surface area contributed by atoms with Gasteiger partial charge < -0.3 is 10.3 Å². The summed E-state index contributed by atoms with van der Waals surface area (Å²) in [6.45, 7) is 3.27. The zero-order valence-electron chi connectivity index (χ0n) is 12.9. The van der Waals surface area contributed by atoms with Gasteiger partial charge in [0.05, 0.1) is 12.5 Å². The minimum Gasteiger partial charge on any atom is -0.369 e. The van der Waals surface area contributed by atoms with Crippen molar-refractivity contribution in [2.75, 3.05) is 6.54 Å². The number of nitrogens with zero attached hydrogens (tertiary/aromatic N) is 3. The summed E-state index contributed by atoms with van der Waals surface area (Å²) < 4.78 is 5.34. The average Bonchev–Trinajstić information content (AvgIpc) is 2.98. The second kappa shape index (κ2) is 6.68. The van der Waals surface area contributed by atoms with E-state index in [1.165, 1.54) is 0 Å². The fraction of sp³-hybridized carbons (Fsp3) is 0.438. The molecule has 2 heterocycles. The summed E-state index contributed by atoms with van der Waals surface area (Å²) in [5.74, 6) is 0.684. The molecule has 122 valence electrons. The first-order valence-corrected chi connectivity index (χ1v) is 8.02. The zero-order valence-corrected chi connectivity index (χ0v) is 13.7. The van der Waals surface area contributed by atoms with Crippen LogP contribution in [0.5, 0.6) is 0 Å². The van der Waals surface area contributed by atoms with Crippen molar-refractivity contribution in [2.24, 2.45) is 11.7 Å². The van der Waals surface area contributed by atoms with Crippen LogP contribution in [0.1, 0.15) is 25.7 Å². The quantitative estimate of drug-likeness (QED) is 0.928. The molecular formula is C16H19ClN4O2. The lowest BCUT2D eigenvalue weighted by Crippen LogP contribution is -2.45. The Balaban J connectivity index is 1.72. The molecule has 1 fully saturated rings. The summed E-state index contributed by atoms with van der Waals surface area (Å²) in [6, 6.07) is 7.67. The van der Waals surface area contributed by atoms with Crippen LogP contribution in [0.3, 0.4) is 0 Å². The maximum atomic E-state index is 11.4. The first-order valence-electron chi connectivity index (χ1n) is 7.65. The Bertz CT molecular complexity index is 703. The lowest BCUT2D eigenvalue weighted by molar-refractivity contribution is -0.124. The highest BCUT2D eigenvalue weighted by Gasteiger charge is 2.29. The van der Waals surface area contributed by atoms with Crippen molar-refractivity contribution < 1.29 is 9.32 Å². The van der Waals surface area contributed by atoms with Gasteiger partial charge in [-0.2, -0.15) is 4.98 Å². The molecular weight excluding hydrogens is 316 g/mol. The minimum absolute atomic E-state index is 0.110. The molecule has 2 N–H and O–H groups in total. The summed E-state index contributed by atoms with van der Waals surface area (Å²) in [5.41, 5.74) is 6.25. The Kier molecular flexibility index (Phi) is 4.63. The van der Waals surface area contributed by atoms with Crippen LogP contribution in [0.4, 0.5) is 0 Å². The number of hydrogen-bond donors (Lipinski definition) is 1. The summed E-state index contributed by atoms with van der Waals surface area (Å²) in [6.07, 6.45) is 1.77. The Morgan fingerprint density at radius 3 is 3.04 bits per heavy atom. The molecule has 0 bridgehead atoms. The van der Waals surface area contributed by atoms with E-state index in [2.05, 4.69) is 22.0 Å².